The number of nitrogens with zero attached hydrogens (tertiary/aromatic N) is 1. The third-order valence-electron chi connectivity index (χ3n) is 4.31. The smallest absolute Gasteiger partial charge is 0.0815 e. The molecule has 0 heterocycles. The molecule has 0 spiro atoms. The summed E-state index contributed by atoms with van der Waals surface area (Å²) in [6.07, 6.45) is 7.39. The number of benzene rings is 2. The van der Waals surface area contributed by atoms with Crippen LogP contribution in [0.2, 0.25) is 0 Å². The van der Waals surface area contributed by atoms with Crippen LogP contribution in [0.25, 0.3) is 17.7 Å². The Labute approximate surface area is 150 Å². The molecular weight excluding hydrogens is 318 g/mol. The van der Waals surface area contributed by atoms with Gasteiger partial charge >= 0.3 is 0 Å². The SMILES string of the molecule is Cc1cccc2c1C=Cc1ccccc1/C2=C\CC[N+](C)(C)[O-].Cl. The number of aryl methyl sites for hydroxylation is 1. The van der Waals surface area contributed by atoms with Crippen LogP contribution < -0.4 is 0 Å². The van der Waals surface area contributed by atoms with Crippen LogP contribution in [-0.4, -0.2) is 25.3 Å². The molecule has 0 aliphatic heterocycles. The summed E-state index contributed by atoms with van der Waals surface area (Å²) in [5, 5.41) is 11.9. The minimum Gasteiger partial charge on any atom is -0.633 e. The van der Waals surface area contributed by atoms with E-state index in [1.54, 1.807) is 14.1 Å². The Morgan fingerprint density at radius 3 is 2.42 bits per heavy atom. The fourth-order valence-electron chi connectivity index (χ4n) is 3.08. The third-order valence-corrected chi connectivity index (χ3v) is 4.31. The molecule has 0 unspecified atom stereocenters. The van der Waals surface area contributed by atoms with Crippen molar-refractivity contribution in [3.63, 3.8) is 0 Å². The van der Waals surface area contributed by atoms with Crippen LogP contribution in [0.15, 0.2) is 48.5 Å². The molecular formula is C21H24ClNO. The highest BCUT2D eigenvalue weighted by Gasteiger charge is 2.15. The van der Waals surface area contributed by atoms with E-state index in [4.69, 9.17) is 0 Å². The normalized spacial score (nSPS) is 14.6. The fraction of sp³-hybridized carbons (Fsp3) is 0.238. The number of hydrogen-bond acceptors (Lipinski definition) is 1. The van der Waals surface area contributed by atoms with Crippen molar-refractivity contribution in [2.45, 2.75) is 13.3 Å². The zero-order valence-electron chi connectivity index (χ0n) is 14.5. The minimum absolute atomic E-state index is 0. The number of halogens is 1. The zero-order valence-corrected chi connectivity index (χ0v) is 15.3. The molecule has 0 N–H and O–H groups in total. The monoisotopic (exact) mass is 341 g/mol. The van der Waals surface area contributed by atoms with Crippen molar-refractivity contribution in [2.75, 3.05) is 20.6 Å². The lowest BCUT2D eigenvalue weighted by molar-refractivity contribution is -0.839. The van der Waals surface area contributed by atoms with Gasteiger partial charge in [0.25, 0.3) is 0 Å². The van der Waals surface area contributed by atoms with Gasteiger partial charge in [0.2, 0.25) is 0 Å². The van der Waals surface area contributed by atoms with Crippen molar-refractivity contribution < 1.29 is 4.65 Å². The van der Waals surface area contributed by atoms with Gasteiger partial charge in [-0.15, -0.1) is 12.4 Å². The Morgan fingerprint density at radius 2 is 1.67 bits per heavy atom. The lowest BCUT2D eigenvalue weighted by Crippen LogP contribution is -2.32. The van der Waals surface area contributed by atoms with E-state index in [1.807, 2.05) is 0 Å². The van der Waals surface area contributed by atoms with Gasteiger partial charge in [-0.2, -0.15) is 0 Å². The maximum Gasteiger partial charge on any atom is 0.0815 e. The van der Waals surface area contributed by atoms with Crippen molar-refractivity contribution in [3.05, 3.63) is 81.6 Å². The standard InChI is InChI=1S/C21H23NO.ClH/c1-16-8-6-11-20-18(16)14-13-17-9-4-5-10-19(17)21(20)12-7-15-22(2,3)23;/h4-6,8-14H,7,15H2,1-3H3;1H/b21-12+;. The first-order valence-corrected chi connectivity index (χ1v) is 8.07. The van der Waals surface area contributed by atoms with Crippen LogP contribution in [0.3, 0.4) is 0 Å². The maximum absolute atomic E-state index is 11.9. The van der Waals surface area contributed by atoms with Gasteiger partial charge in [0.15, 0.2) is 0 Å². The van der Waals surface area contributed by atoms with Crippen LogP contribution in [0.1, 0.15) is 34.2 Å². The average Bonchev–Trinajstić information content (AvgIpc) is 2.65. The van der Waals surface area contributed by atoms with Crippen LogP contribution >= 0.6 is 12.4 Å². The zero-order chi connectivity index (χ0) is 16.4. The minimum atomic E-state index is -0.260. The Balaban J connectivity index is 0.00000208. The highest BCUT2D eigenvalue weighted by atomic mass is 35.5. The molecule has 126 valence electrons. The number of rotatable bonds is 3. The molecule has 3 heteroatoms. The van der Waals surface area contributed by atoms with E-state index in [9.17, 15) is 5.21 Å². The van der Waals surface area contributed by atoms with Gasteiger partial charge in [-0.1, -0.05) is 60.7 Å². The summed E-state index contributed by atoms with van der Waals surface area (Å²) in [4.78, 5) is 0. The van der Waals surface area contributed by atoms with E-state index in [0.29, 0.717) is 6.54 Å². The van der Waals surface area contributed by atoms with Crippen LogP contribution in [0, 0.1) is 12.1 Å². The van der Waals surface area contributed by atoms with E-state index < -0.39 is 0 Å². The predicted octanol–water partition coefficient (Wildman–Crippen LogP) is 5.30. The second-order valence-electron chi connectivity index (χ2n) is 6.66. The first-order valence-electron chi connectivity index (χ1n) is 8.07. The summed E-state index contributed by atoms with van der Waals surface area (Å²) in [5.74, 6) is 0. The van der Waals surface area contributed by atoms with E-state index in [1.165, 1.54) is 33.4 Å². The molecule has 0 atom stereocenters. The molecule has 0 saturated carbocycles. The lowest BCUT2D eigenvalue weighted by Gasteiger charge is -2.33. The largest absolute Gasteiger partial charge is 0.633 e. The Hall–Kier alpha value is -1.87. The van der Waals surface area contributed by atoms with Crippen LogP contribution in [0.5, 0.6) is 0 Å². The van der Waals surface area contributed by atoms with Crippen molar-refractivity contribution >= 4 is 30.1 Å². The molecule has 0 radical (unpaired) electrons. The molecule has 1 aliphatic carbocycles. The summed E-state index contributed by atoms with van der Waals surface area (Å²) in [7, 11) is 3.39. The van der Waals surface area contributed by atoms with Crippen molar-refractivity contribution in [1.82, 2.24) is 0 Å². The second kappa shape index (κ2) is 7.35. The molecule has 3 rings (SSSR count). The molecule has 1 aliphatic rings. The summed E-state index contributed by atoms with van der Waals surface area (Å²) in [6.45, 7) is 2.73. The third kappa shape index (κ3) is 3.96. The maximum atomic E-state index is 11.9. The number of hydrogen-bond donors (Lipinski definition) is 0. The van der Waals surface area contributed by atoms with Crippen LogP contribution in [0.4, 0.5) is 0 Å². The molecule has 0 bridgehead atoms. The van der Waals surface area contributed by atoms with Crippen molar-refractivity contribution in [2.24, 2.45) is 0 Å². The second-order valence-corrected chi connectivity index (χ2v) is 6.66. The van der Waals surface area contributed by atoms with Gasteiger partial charge in [-0.05, 0) is 40.3 Å². The lowest BCUT2D eigenvalue weighted by atomic mass is 9.91. The number of quaternary nitrogens is 1. The molecule has 0 aromatic heterocycles. The summed E-state index contributed by atoms with van der Waals surface area (Å²) >= 11 is 0. The molecule has 0 saturated heterocycles. The quantitative estimate of drug-likeness (QED) is 0.468. The fourth-order valence-corrected chi connectivity index (χ4v) is 3.08. The summed E-state index contributed by atoms with van der Waals surface area (Å²) in [6, 6.07) is 14.9. The van der Waals surface area contributed by atoms with Crippen LogP contribution in [-0.2, 0) is 0 Å². The van der Waals surface area contributed by atoms with Gasteiger partial charge in [-0.25, -0.2) is 0 Å². The topological polar surface area (TPSA) is 23.1 Å². The molecule has 2 nitrogen and oxygen atoms in total. The molecule has 24 heavy (non-hydrogen) atoms. The summed E-state index contributed by atoms with van der Waals surface area (Å²) in [5.41, 5.74) is 7.50. The first kappa shape index (κ1) is 18.5. The number of fused-ring (bicyclic) bond motifs is 2. The molecule has 0 fully saturated rings. The van der Waals surface area contributed by atoms with Gasteiger partial charge in [-0.3, -0.25) is 0 Å². The summed E-state index contributed by atoms with van der Waals surface area (Å²) < 4.78 is -0.260. The van der Waals surface area contributed by atoms with Crippen molar-refractivity contribution in [1.29, 1.82) is 0 Å². The highest BCUT2D eigenvalue weighted by Crippen LogP contribution is 2.35. The molecule has 2 aromatic carbocycles. The van der Waals surface area contributed by atoms with Gasteiger partial charge in [0, 0.05) is 6.42 Å². The van der Waals surface area contributed by atoms with E-state index in [2.05, 4.69) is 67.6 Å². The Kier molecular flexibility index (Phi) is 5.66. The first-order chi connectivity index (χ1) is 11.0. The van der Waals surface area contributed by atoms with E-state index in [-0.39, 0.29) is 17.1 Å². The predicted molar refractivity (Wildman–Crippen MR) is 106 cm³/mol. The number of hydroxylamine groups is 3. The van der Waals surface area contributed by atoms with Gasteiger partial charge in [0.1, 0.15) is 0 Å². The van der Waals surface area contributed by atoms with E-state index in [0.717, 1.165) is 6.42 Å². The van der Waals surface area contributed by atoms with Gasteiger partial charge < -0.3 is 9.85 Å². The van der Waals surface area contributed by atoms with E-state index >= 15 is 0 Å². The Morgan fingerprint density at radius 1 is 0.958 bits per heavy atom. The van der Waals surface area contributed by atoms with Crippen molar-refractivity contribution in [3.8, 4) is 0 Å². The highest BCUT2D eigenvalue weighted by molar-refractivity contribution is 5.94. The molecule has 0 amide bonds. The molecule has 2 aromatic rings. The Bertz CT molecular complexity index is 785. The average molecular weight is 342 g/mol. The van der Waals surface area contributed by atoms with Gasteiger partial charge in [0.05, 0.1) is 20.6 Å².